The number of fused-ring (bicyclic) bond motifs is 1. The molecular formula is C26H29N3O4. The van der Waals surface area contributed by atoms with Gasteiger partial charge in [0.2, 0.25) is 11.8 Å². The minimum atomic E-state index is -0.385. The second-order valence-corrected chi connectivity index (χ2v) is 7.66. The standard InChI is InChI=1S/C26H29N3O4/c1-3-4-16-29(26(32)23-11-7-9-19-8-5-6-10-22(19)23)18-25(31)27-17-24(30)28-20-12-14-21(33-2)15-13-20/h5-15H,3-4,16-18H2,1-2H3,(H,27,31)(H,28,30). The Kier molecular flexibility index (Phi) is 8.41. The molecule has 0 aliphatic rings. The normalized spacial score (nSPS) is 10.5. The molecule has 7 heteroatoms. The zero-order chi connectivity index (χ0) is 23.6. The van der Waals surface area contributed by atoms with Gasteiger partial charge in [0, 0.05) is 17.8 Å². The predicted molar refractivity (Wildman–Crippen MR) is 129 cm³/mol. The van der Waals surface area contributed by atoms with Crippen molar-refractivity contribution in [2.45, 2.75) is 19.8 Å². The van der Waals surface area contributed by atoms with Gasteiger partial charge in [0.15, 0.2) is 0 Å². The van der Waals surface area contributed by atoms with E-state index in [0.29, 0.717) is 23.5 Å². The zero-order valence-corrected chi connectivity index (χ0v) is 19.0. The minimum Gasteiger partial charge on any atom is -0.497 e. The largest absolute Gasteiger partial charge is 0.497 e. The van der Waals surface area contributed by atoms with Crippen LogP contribution in [-0.2, 0) is 9.59 Å². The molecule has 3 aromatic rings. The van der Waals surface area contributed by atoms with Gasteiger partial charge in [-0.15, -0.1) is 0 Å². The highest BCUT2D eigenvalue weighted by Gasteiger charge is 2.20. The predicted octanol–water partition coefficient (Wildman–Crippen LogP) is 3.85. The number of methoxy groups -OCH3 is 1. The van der Waals surface area contributed by atoms with E-state index in [-0.39, 0.29) is 30.8 Å². The van der Waals surface area contributed by atoms with Crippen molar-refractivity contribution in [3.8, 4) is 5.75 Å². The Balaban J connectivity index is 1.61. The van der Waals surface area contributed by atoms with Gasteiger partial charge in [-0.1, -0.05) is 49.7 Å². The summed E-state index contributed by atoms with van der Waals surface area (Å²) in [5.74, 6) is -0.249. The van der Waals surface area contributed by atoms with Crippen LogP contribution >= 0.6 is 0 Å². The van der Waals surface area contributed by atoms with E-state index in [1.165, 1.54) is 0 Å². The molecule has 3 amide bonds. The van der Waals surface area contributed by atoms with Crippen LogP contribution in [0.2, 0.25) is 0 Å². The summed E-state index contributed by atoms with van der Waals surface area (Å²) in [7, 11) is 1.57. The fraction of sp³-hybridized carbons (Fsp3) is 0.269. The Morgan fingerprint density at radius 1 is 0.909 bits per heavy atom. The van der Waals surface area contributed by atoms with Gasteiger partial charge in [0.05, 0.1) is 20.2 Å². The topological polar surface area (TPSA) is 87.7 Å². The summed E-state index contributed by atoms with van der Waals surface area (Å²) >= 11 is 0. The van der Waals surface area contributed by atoms with E-state index >= 15 is 0 Å². The Bertz CT molecular complexity index is 1110. The molecule has 0 atom stereocenters. The average Bonchev–Trinajstić information content (AvgIpc) is 2.85. The summed E-state index contributed by atoms with van der Waals surface area (Å²) < 4.78 is 5.09. The first-order chi connectivity index (χ1) is 16.0. The van der Waals surface area contributed by atoms with E-state index in [4.69, 9.17) is 4.74 Å². The quantitative estimate of drug-likeness (QED) is 0.494. The third-order valence-corrected chi connectivity index (χ3v) is 5.24. The molecule has 0 aliphatic carbocycles. The van der Waals surface area contributed by atoms with Crippen molar-refractivity contribution in [1.29, 1.82) is 0 Å². The molecule has 0 radical (unpaired) electrons. The fourth-order valence-corrected chi connectivity index (χ4v) is 3.47. The van der Waals surface area contributed by atoms with Crippen molar-refractivity contribution < 1.29 is 19.1 Å². The lowest BCUT2D eigenvalue weighted by atomic mass is 10.0. The average molecular weight is 448 g/mol. The van der Waals surface area contributed by atoms with E-state index < -0.39 is 0 Å². The molecule has 0 saturated carbocycles. The van der Waals surface area contributed by atoms with E-state index in [1.54, 1.807) is 42.3 Å². The van der Waals surface area contributed by atoms with Crippen LogP contribution in [0.4, 0.5) is 5.69 Å². The van der Waals surface area contributed by atoms with Crippen molar-refractivity contribution in [3.63, 3.8) is 0 Å². The van der Waals surface area contributed by atoms with Crippen molar-refractivity contribution in [3.05, 3.63) is 72.3 Å². The summed E-state index contributed by atoms with van der Waals surface area (Å²) in [6.45, 7) is 2.20. The highest BCUT2D eigenvalue weighted by atomic mass is 16.5. The molecule has 3 rings (SSSR count). The van der Waals surface area contributed by atoms with Crippen LogP contribution in [0.15, 0.2) is 66.7 Å². The number of hydrogen-bond donors (Lipinski definition) is 2. The van der Waals surface area contributed by atoms with Gasteiger partial charge in [-0.3, -0.25) is 14.4 Å². The van der Waals surface area contributed by atoms with Gasteiger partial charge in [0.1, 0.15) is 5.75 Å². The van der Waals surface area contributed by atoms with E-state index in [9.17, 15) is 14.4 Å². The summed E-state index contributed by atoms with van der Waals surface area (Å²) in [4.78, 5) is 39.6. The number of benzene rings is 3. The first-order valence-electron chi connectivity index (χ1n) is 11.0. The molecular weight excluding hydrogens is 418 g/mol. The van der Waals surface area contributed by atoms with Crippen LogP contribution in [0.3, 0.4) is 0 Å². The maximum Gasteiger partial charge on any atom is 0.254 e. The molecule has 172 valence electrons. The smallest absolute Gasteiger partial charge is 0.254 e. The Morgan fingerprint density at radius 2 is 1.64 bits per heavy atom. The number of carbonyl (C=O) groups is 3. The fourth-order valence-electron chi connectivity index (χ4n) is 3.47. The number of nitrogens with one attached hydrogen (secondary N) is 2. The third-order valence-electron chi connectivity index (χ3n) is 5.24. The summed E-state index contributed by atoms with van der Waals surface area (Å²) in [5.41, 5.74) is 1.17. The summed E-state index contributed by atoms with van der Waals surface area (Å²) in [6.07, 6.45) is 1.67. The number of hydrogen-bond acceptors (Lipinski definition) is 4. The van der Waals surface area contributed by atoms with Crippen LogP contribution < -0.4 is 15.4 Å². The van der Waals surface area contributed by atoms with Crippen molar-refractivity contribution >= 4 is 34.2 Å². The Labute approximate surface area is 193 Å². The highest BCUT2D eigenvalue weighted by Crippen LogP contribution is 2.20. The van der Waals surface area contributed by atoms with Crippen molar-refractivity contribution in [2.24, 2.45) is 0 Å². The lowest BCUT2D eigenvalue weighted by molar-refractivity contribution is -0.124. The molecule has 7 nitrogen and oxygen atoms in total. The second kappa shape index (κ2) is 11.7. The van der Waals surface area contributed by atoms with Crippen molar-refractivity contribution in [2.75, 3.05) is 32.1 Å². The number of nitrogens with zero attached hydrogens (tertiary/aromatic N) is 1. The Hall–Kier alpha value is -3.87. The lowest BCUT2D eigenvalue weighted by Gasteiger charge is -2.23. The molecule has 0 saturated heterocycles. The number of carbonyl (C=O) groups excluding carboxylic acids is 3. The number of anilines is 1. The number of ether oxygens (including phenoxy) is 1. The van der Waals surface area contributed by atoms with Gasteiger partial charge < -0.3 is 20.3 Å². The molecule has 3 aromatic carbocycles. The number of amides is 3. The maximum atomic E-state index is 13.3. The third kappa shape index (κ3) is 6.55. The highest BCUT2D eigenvalue weighted by molar-refractivity contribution is 6.08. The lowest BCUT2D eigenvalue weighted by Crippen LogP contribution is -2.43. The van der Waals surface area contributed by atoms with Gasteiger partial charge in [-0.25, -0.2) is 0 Å². The molecule has 33 heavy (non-hydrogen) atoms. The van der Waals surface area contributed by atoms with Gasteiger partial charge in [-0.05, 0) is 47.5 Å². The monoisotopic (exact) mass is 447 g/mol. The molecule has 0 aliphatic heterocycles. The molecule has 0 fully saturated rings. The van der Waals surface area contributed by atoms with Gasteiger partial charge >= 0.3 is 0 Å². The van der Waals surface area contributed by atoms with Crippen LogP contribution in [0.1, 0.15) is 30.1 Å². The van der Waals surface area contributed by atoms with Crippen LogP contribution in [0, 0.1) is 0 Å². The van der Waals surface area contributed by atoms with Gasteiger partial charge in [0.25, 0.3) is 5.91 Å². The summed E-state index contributed by atoms with van der Waals surface area (Å²) in [6, 6.07) is 20.2. The molecule has 2 N–H and O–H groups in total. The molecule has 0 aromatic heterocycles. The molecule has 0 bridgehead atoms. The summed E-state index contributed by atoms with van der Waals surface area (Å²) in [5, 5.41) is 7.14. The zero-order valence-electron chi connectivity index (χ0n) is 19.0. The van der Waals surface area contributed by atoms with Crippen LogP contribution in [0.25, 0.3) is 10.8 Å². The van der Waals surface area contributed by atoms with Crippen molar-refractivity contribution in [1.82, 2.24) is 10.2 Å². The number of unbranched alkanes of at least 4 members (excludes halogenated alkanes) is 1. The van der Waals surface area contributed by atoms with Crippen LogP contribution in [0.5, 0.6) is 5.75 Å². The second-order valence-electron chi connectivity index (χ2n) is 7.66. The molecule has 0 heterocycles. The van der Waals surface area contributed by atoms with Gasteiger partial charge in [-0.2, -0.15) is 0 Å². The molecule has 0 spiro atoms. The Morgan fingerprint density at radius 3 is 2.36 bits per heavy atom. The SMILES string of the molecule is CCCCN(CC(=O)NCC(=O)Nc1ccc(OC)cc1)C(=O)c1cccc2ccccc12. The maximum absolute atomic E-state index is 13.3. The molecule has 0 unspecified atom stereocenters. The first-order valence-corrected chi connectivity index (χ1v) is 11.0. The minimum absolute atomic E-state index is 0.113. The van der Waals surface area contributed by atoms with E-state index in [2.05, 4.69) is 10.6 Å². The van der Waals surface area contributed by atoms with Crippen LogP contribution in [-0.4, -0.2) is 49.4 Å². The van der Waals surface area contributed by atoms with E-state index in [0.717, 1.165) is 23.6 Å². The van der Waals surface area contributed by atoms with E-state index in [1.807, 2.05) is 43.3 Å². The number of rotatable bonds is 10. The first kappa shape index (κ1) is 23.8.